The standard InChI is InChI=1S/C18H28N2O3/c1-13-5-6-16(14(2)9-13)10-15(3)19-18(21)20-7-8-23-17(11-20)12-22-4/h5-6,9,15,17H,7-8,10-12H2,1-4H3,(H,19,21)/t15-,17-/m0/s1. The van der Waals surface area contributed by atoms with Crippen molar-refractivity contribution in [2.45, 2.75) is 39.3 Å². The molecule has 5 nitrogen and oxygen atoms in total. The number of rotatable bonds is 5. The Kier molecular flexibility index (Phi) is 6.42. The first-order valence-corrected chi connectivity index (χ1v) is 8.21. The molecular formula is C18H28N2O3. The molecule has 1 aliphatic heterocycles. The number of nitrogens with zero attached hydrogens (tertiary/aromatic N) is 1. The maximum Gasteiger partial charge on any atom is 0.317 e. The van der Waals surface area contributed by atoms with Crippen LogP contribution in [0.5, 0.6) is 0 Å². The Balaban J connectivity index is 1.86. The molecule has 1 N–H and O–H groups in total. The summed E-state index contributed by atoms with van der Waals surface area (Å²) in [5, 5.41) is 3.09. The molecule has 0 aromatic heterocycles. The van der Waals surface area contributed by atoms with E-state index in [9.17, 15) is 4.79 Å². The third kappa shape index (κ3) is 5.22. The topological polar surface area (TPSA) is 50.8 Å². The summed E-state index contributed by atoms with van der Waals surface area (Å²) in [7, 11) is 1.65. The fraction of sp³-hybridized carbons (Fsp3) is 0.611. The molecule has 1 saturated heterocycles. The Morgan fingerprint density at radius 2 is 2.26 bits per heavy atom. The maximum absolute atomic E-state index is 12.4. The fourth-order valence-electron chi connectivity index (χ4n) is 2.95. The number of aryl methyl sites for hydroxylation is 2. The highest BCUT2D eigenvalue weighted by Gasteiger charge is 2.24. The summed E-state index contributed by atoms with van der Waals surface area (Å²) >= 11 is 0. The normalized spacial score (nSPS) is 19.5. The molecule has 0 unspecified atom stereocenters. The molecule has 1 aromatic carbocycles. The second kappa shape index (κ2) is 8.31. The molecule has 2 atom stereocenters. The summed E-state index contributed by atoms with van der Waals surface area (Å²) < 4.78 is 10.7. The minimum atomic E-state index is -0.0332. The highest BCUT2D eigenvalue weighted by Crippen LogP contribution is 2.13. The van der Waals surface area contributed by atoms with Crippen LogP contribution in [0.1, 0.15) is 23.6 Å². The average Bonchev–Trinajstić information content (AvgIpc) is 2.51. The van der Waals surface area contributed by atoms with E-state index in [4.69, 9.17) is 9.47 Å². The van der Waals surface area contributed by atoms with Crippen LogP contribution in [0.4, 0.5) is 4.79 Å². The number of benzene rings is 1. The number of methoxy groups -OCH3 is 1. The van der Waals surface area contributed by atoms with Crippen LogP contribution < -0.4 is 5.32 Å². The van der Waals surface area contributed by atoms with Gasteiger partial charge in [0, 0.05) is 19.7 Å². The van der Waals surface area contributed by atoms with Crippen LogP contribution in [0.2, 0.25) is 0 Å². The number of carbonyl (C=O) groups is 1. The molecule has 2 rings (SSSR count). The van der Waals surface area contributed by atoms with E-state index in [1.54, 1.807) is 7.11 Å². The summed E-state index contributed by atoms with van der Waals surface area (Å²) in [6, 6.07) is 6.52. The molecule has 0 aliphatic carbocycles. The van der Waals surface area contributed by atoms with E-state index >= 15 is 0 Å². The monoisotopic (exact) mass is 320 g/mol. The van der Waals surface area contributed by atoms with E-state index in [2.05, 4.69) is 37.4 Å². The third-order valence-electron chi connectivity index (χ3n) is 4.17. The van der Waals surface area contributed by atoms with Crippen molar-refractivity contribution in [3.05, 3.63) is 34.9 Å². The van der Waals surface area contributed by atoms with Gasteiger partial charge in [0.1, 0.15) is 0 Å². The zero-order valence-corrected chi connectivity index (χ0v) is 14.6. The first-order chi connectivity index (χ1) is 11.0. The van der Waals surface area contributed by atoms with Crippen LogP contribution in [0.25, 0.3) is 0 Å². The second-order valence-electron chi connectivity index (χ2n) is 6.38. The Labute approximate surface area is 139 Å². The van der Waals surface area contributed by atoms with Gasteiger partial charge in [0.15, 0.2) is 0 Å². The summed E-state index contributed by atoms with van der Waals surface area (Å²) in [6.07, 6.45) is 0.804. The number of nitrogens with one attached hydrogen (secondary N) is 1. The highest BCUT2D eigenvalue weighted by molar-refractivity contribution is 5.74. The lowest BCUT2D eigenvalue weighted by Gasteiger charge is -2.33. The van der Waals surface area contributed by atoms with Crippen molar-refractivity contribution in [1.82, 2.24) is 10.2 Å². The zero-order chi connectivity index (χ0) is 16.8. The van der Waals surface area contributed by atoms with Crippen LogP contribution in [0.3, 0.4) is 0 Å². The van der Waals surface area contributed by atoms with Crippen molar-refractivity contribution in [3.8, 4) is 0 Å². The molecule has 0 bridgehead atoms. The molecular weight excluding hydrogens is 292 g/mol. The summed E-state index contributed by atoms with van der Waals surface area (Å²) in [5.74, 6) is 0. The van der Waals surface area contributed by atoms with Crippen molar-refractivity contribution in [1.29, 1.82) is 0 Å². The second-order valence-corrected chi connectivity index (χ2v) is 6.38. The molecule has 1 fully saturated rings. The van der Waals surface area contributed by atoms with Crippen LogP contribution in [0.15, 0.2) is 18.2 Å². The molecule has 1 aliphatic rings. The van der Waals surface area contributed by atoms with Gasteiger partial charge in [0.25, 0.3) is 0 Å². The zero-order valence-electron chi connectivity index (χ0n) is 14.6. The predicted molar refractivity (Wildman–Crippen MR) is 90.8 cm³/mol. The van der Waals surface area contributed by atoms with Gasteiger partial charge in [0.2, 0.25) is 0 Å². The SMILES string of the molecule is COC[C@@H]1CN(C(=O)N[C@@H](C)Cc2ccc(C)cc2C)CCO1. The minimum Gasteiger partial charge on any atom is -0.382 e. The Bertz CT molecular complexity index is 531. The van der Waals surface area contributed by atoms with E-state index in [0.717, 1.165) is 6.42 Å². The molecule has 0 spiro atoms. The number of hydrogen-bond acceptors (Lipinski definition) is 3. The fourth-order valence-corrected chi connectivity index (χ4v) is 2.95. The Hall–Kier alpha value is -1.59. The largest absolute Gasteiger partial charge is 0.382 e. The lowest BCUT2D eigenvalue weighted by molar-refractivity contribution is -0.0496. The highest BCUT2D eigenvalue weighted by atomic mass is 16.5. The smallest absolute Gasteiger partial charge is 0.317 e. The first-order valence-electron chi connectivity index (χ1n) is 8.21. The van der Waals surface area contributed by atoms with E-state index in [-0.39, 0.29) is 18.2 Å². The lowest BCUT2D eigenvalue weighted by atomic mass is 10.00. The first kappa shape index (κ1) is 17.8. The minimum absolute atomic E-state index is 0.0216. The molecule has 2 amide bonds. The number of morpholine rings is 1. The van der Waals surface area contributed by atoms with Crippen LogP contribution in [0, 0.1) is 13.8 Å². The lowest BCUT2D eigenvalue weighted by Crippen LogP contribution is -2.52. The number of carbonyl (C=O) groups excluding carboxylic acids is 1. The third-order valence-corrected chi connectivity index (χ3v) is 4.17. The van der Waals surface area contributed by atoms with Crippen molar-refractivity contribution >= 4 is 6.03 Å². The summed E-state index contributed by atoms with van der Waals surface area (Å²) in [6.45, 7) is 8.54. The van der Waals surface area contributed by atoms with Gasteiger partial charge in [-0.25, -0.2) is 4.79 Å². The molecule has 23 heavy (non-hydrogen) atoms. The van der Waals surface area contributed by atoms with Crippen molar-refractivity contribution in [2.24, 2.45) is 0 Å². The van der Waals surface area contributed by atoms with Crippen molar-refractivity contribution in [2.75, 3.05) is 33.4 Å². The predicted octanol–water partition coefficient (Wildman–Crippen LogP) is 2.29. The van der Waals surface area contributed by atoms with Gasteiger partial charge in [-0.1, -0.05) is 23.8 Å². The van der Waals surface area contributed by atoms with E-state index in [1.807, 2.05) is 11.8 Å². The maximum atomic E-state index is 12.4. The van der Waals surface area contributed by atoms with Crippen LogP contribution in [-0.2, 0) is 15.9 Å². The number of ether oxygens (including phenoxy) is 2. The number of amides is 2. The van der Waals surface area contributed by atoms with Gasteiger partial charge >= 0.3 is 6.03 Å². The van der Waals surface area contributed by atoms with Crippen molar-refractivity contribution < 1.29 is 14.3 Å². The van der Waals surface area contributed by atoms with E-state index in [0.29, 0.717) is 26.3 Å². The van der Waals surface area contributed by atoms with Crippen LogP contribution >= 0.6 is 0 Å². The molecule has 1 heterocycles. The molecule has 0 saturated carbocycles. The molecule has 128 valence electrons. The quantitative estimate of drug-likeness (QED) is 0.905. The van der Waals surface area contributed by atoms with Gasteiger partial charge < -0.3 is 19.7 Å². The van der Waals surface area contributed by atoms with Gasteiger partial charge in [0.05, 0.1) is 25.9 Å². The molecule has 5 heteroatoms. The number of hydrogen-bond donors (Lipinski definition) is 1. The molecule has 1 aromatic rings. The van der Waals surface area contributed by atoms with Gasteiger partial charge in [-0.15, -0.1) is 0 Å². The Morgan fingerprint density at radius 3 is 2.96 bits per heavy atom. The summed E-state index contributed by atoms with van der Waals surface area (Å²) in [4.78, 5) is 14.2. The summed E-state index contributed by atoms with van der Waals surface area (Å²) in [5.41, 5.74) is 3.82. The van der Waals surface area contributed by atoms with E-state index < -0.39 is 0 Å². The Morgan fingerprint density at radius 1 is 1.48 bits per heavy atom. The van der Waals surface area contributed by atoms with Gasteiger partial charge in [-0.2, -0.15) is 0 Å². The number of urea groups is 1. The van der Waals surface area contributed by atoms with Crippen molar-refractivity contribution in [3.63, 3.8) is 0 Å². The van der Waals surface area contributed by atoms with E-state index in [1.165, 1.54) is 16.7 Å². The van der Waals surface area contributed by atoms with Gasteiger partial charge in [-0.05, 0) is 38.3 Å². The van der Waals surface area contributed by atoms with Crippen LogP contribution in [-0.4, -0.2) is 56.5 Å². The average molecular weight is 320 g/mol. The van der Waals surface area contributed by atoms with Gasteiger partial charge in [-0.3, -0.25) is 0 Å². The molecule has 0 radical (unpaired) electrons.